The van der Waals surface area contributed by atoms with E-state index in [1.54, 1.807) is 0 Å². The van der Waals surface area contributed by atoms with E-state index in [2.05, 4.69) is 24.0 Å². The van der Waals surface area contributed by atoms with E-state index < -0.39 is 66.4 Å². The number of halogens is 1. The Morgan fingerprint density at radius 1 is 1.24 bits per heavy atom. The Kier molecular flexibility index (Phi) is 8.38. The summed E-state index contributed by atoms with van der Waals surface area (Å²) in [5, 5.41) is 10.5. The van der Waals surface area contributed by atoms with Crippen LogP contribution >= 0.6 is 23.5 Å². The Balaban J connectivity index is 2.26. The standard InChI is InChI=1S/C12H18FN4O13P3/c13-4-1-3-12(15)9(18)7(28-10(12)17-5-2-8(14)16-11(17)19)6-27-32(23,24)30-33(25,26)29-31(20,21)22/h2,5,7,9-10,18H,4,6,15H2,(H,23,24)(H,25,26)(H2,14,16,19)(H2,20,21,22)/t7-,9+,10-,12?/m1/s1. The molecule has 1 saturated heterocycles. The maximum absolute atomic E-state index is 12.6. The van der Waals surface area contributed by atoms with Gasteiger partial charge in [0.1, 0.15) is 24.7 Å². The zero-order valence-electron chi connectivity index (χ0n) is 16.1. The highest BCUT2D eigenvalue weighted by Crippen LogP contribution is 2.66. The summed E-state index contributed by atoms with van der Waals surface area (Å²) in [4.78, 5) is 51.3. The number of ether oxygens (including phenoxy) is 1. The number of hydrogen-bond acceptors (Lipinski definition) is 12. The molecule has 0 bridgehead atoms. The fourth-order valence-electron chi connectivity index (χ4n) is 2.63. The maximum atomic E-state index is 12.6. The quantitative estimate of drug-likeness (QED) is 0.141. The Hall–Kier alpha value is -1.54. The Bertz CT molecular complexity index is 1150. The third-order valence-corrected chi connectivity index (χ3v) is 7.65. The van der Waals surface area contributed by atoms with Crippen LogP contribution in [0.2, 0.25) is 0 Å². The van der Waals surface area contributed by atoms with Gasteiger partial charge in [0.25, 0.3) is 0 Å². The molecule has 21 heteroatoms. The van der Waals surface area contributed by atoms with Gasteiger partial charge in [-0.05, 0) is 6.07 Å². The van der Waals surface area contributed by atoms with Gasteiger partial charge in [0.15, 0.2) is 11.8 Å². The van der Waals surface area contributed by atoms with Crippen LogP contribution in [0.15, 0.2) is 17.1 Å². The van der Waals surface area contributed by atoms with Crippen molar-refractivity contribution in [1.29, 1.82) is 0 Å². The second-order valence-electron chi connectivity index (χ2n) is 6.27. The monoisotopic (exact) mass is 538 g/mol. The second kappa shape index (κ2) is 9.98. The number of aromatic nitrogens is 2. The van der Waals surface area contributed by atoms with E-state index in [9.17, 15) is 32.9 Å². The molecule has 0 aromatic carbocycles. The molecule has 17 nitrogen and oxygen atoms in total. The van der Waals surface area contributed by atoms with Crippen molar-refractivity contribution in [3.8, 4) is 11.8 Å². The van der Waals surface area contributed by atoms with Crippen molar-refractivity contribution >= 4 is 29.3 Å². The van der Waals surface area contributed by atoms with Crippen molar-refractivity contribution in [2.75, 3.05) is 19.0 Å². The van der Waals surface area contributed by atoms with Gasteiger partial charge >= 0.3 is 29.2 Å². The van der Waals surface area contributed by atoms with Crippen LogP contribution in [0.4, 0.5) is 10.2 Å². The number of anilines is 1. The van der Waals surface area contributed by atoms with Gasteiger partial charge in [0, 0.05) is 6.20 Å². The lowest BCUT2D eigenvalue weighted by atomic mass is 9.91. The molecule has 1 aromatic heterocycles. The topological polar surface area (TPSA) is 276 Å². The molecule has 0 saturated carbocycles. The van der Waals surface area contributed by atoms with Gasteiger partial charge in [0.2, 0.25) is 0 Å². The zero-order chi connectivity index (χ0) is 25.2. The summed E-state index contributed by atoms with van der Waals surface area (Å²) in [6.45, 7) is -2.30. The number of alkyl halides is 1. The lowest BCUT2D eigenvalue weighted by Gasteiger charge is -2.27. The number of nitrogens with two attached hydrogens (primary N) is 2. The largest absolute Gasteiger partial charge is 0.490 e. The molecule has 0 spiro atoms. The fourth-order valence-corrected chi connectivity index (χ4v) is 5.66. The molecular weight excluding hydrogens is 520 g/mol. The highest BCUT2D eigenvalue weighted by molar-refractivity contribution is 7.66. The van der Waals surface area contributed by atoms with Crippen molar-refractivity contribution < 1.29 is 60.6 Å². The zero-order valence-corrected chi connectivity index (χ0v) is 18.8. The van der Waals surface area contributed by atoms with Crippen LogP contribution in [0, 0.1) is 11.8 Å². The Labute approximate surface area is 183 Å². The van der Waals surface area contributed by atoms with Crippen LogP contribution in [0.3, 0.4) is 0 Å². The number of aliphatic hydroxyl groups is 1. The molecule has 186 valence electrons. The third kappa shape index (κ3) is 7.22. The predicted molar refractivity (Wildman–Crippen MR) is 103 cm³/mol. The lowest BCUT2D eigenvalue weighted by molar-refractivity contribution is -0.0467. The van der Waals surface area contributed by atoms with Crippen molar-refractivity contribution in [2.24, 2.45) is 5.73 Å². The molecule has 1 aliphatic rings. The summed E-state index contributed by atoms with van der Waals surface area (Å²) in [7, 11) is -16.9. The lowest BCUT2D eigenvalue weighted by Crippen LogP contribution is -2.55. The normalized spacial score (nSPS) is 29.0. The summed E-state index contributed by atoms with van der Waals surface area (Å²) < 4.78 is 64.1. The van der Waals surface area contributed by atoms with Crippen molar-refractivity contribution in [3.63, 3.8) is 0 Å². The molecule has 1 aliphatic heterocycles. The molecule has 2 rings (SSSR count). The van der Waals surface area contributed by atoms with Gasteiger partial charge in [0.05, 0.1) is 6.61 Å². The van der Waals surface area contributed by atoms with Gasteiger partial charge in [-0.2, -0.15) is 13.6 Å². The highest BCUT2D eigenvalue weighted by Gasteiger charge is 2.55. The van der Waals surface area contributed by atoms with Crippen LogP contribution in [0.1, 0.15) is 6.23 Å². The van der Waals surface area contributed by atoms with Crippen molar-refractivity contribution in [1.82, 2.24) is 9.55 Å². The molecule has 1 fully saturated rings. The van der Waals surface area contributed by atoms with Gasteiger partial charge in [-0.25, -0.2) is 22.9 Å². The predicted octanol–water partition coefficient (Wildman–Crippen LogP) is -1.90. The van der Waals surface area contributed by atoms with E-state index in [0.717, 1.165) is 10.8 Å². The summed E-state index contributed by atoms with van der Waals surface area (Å²) in [5.74, 6) is 3.98. The van der Waals surface area contributed by atoms with Crippen LogP contribution in [-0.4, -0.2) is 65.3 Å². The first-order chi connectivity index (χ1) is 15.0. The molecule has 0 radical (unpaired) electrons. The van der Waals surface area contributed by atoms with Crippen LogP contribution in [0.25, 0.3) is 0 Å². The minimum atomic E-state index is -5.78. The average molecular weight is 538 g/mol. The van der Waals surface area contributed by atoms with Crippen LogP contribution < -0.4 is 17.2 Å². The summed E-state index contributed by atoms with van der Waals surface area (Å²) >= 11 is 0. The van der Waals surface area contributed by atoms with E-state index in [-0.39, 0.29) is 5.82 Å². The number of aliphatic hydroxyl groups excluding tert-OH is 1. The van der Waals surface area contributed by atoms with E-state index in [0.29, 0.717) is 0 Å². The molecule has 1 aromatic rings. The minimum Gasteiger partial charge on any atom is -0.387 e. The van der Waals surface area contributed by atoms with Crippen molar-refractivity contribution in [2.45, 2.75) is 24.0 Å². The maximum Gasteiger partial charge on any atom is 0.490 e. The smallest absolute Gasteiger partial charge is 0.387 e. The number of hydrogen-bond donors (Lipinski definition) is 7. The average Bonchev–Trinajstić information content (AvgIpc) is 2.87. The Morgan fingerprint density at radius 2 is 1.88 bits per heavy atom. The number of nitrogens with zero attached hydrogens (tertiary/aromatic N) is 2. The van der Waals surface area contributed by atoms with E-state index >= 15 is 0 Å². The van der Waals surface area contributed by atoms with E-state index in [1.165, 1.54) is 6.07 Å². The second-order valence-corrected chi connectivity index (χ2v) is 10.7. The molecule has 2 heterocycles. The first-order valence-corrected chi connectivity index (χ1v) is 12.8. The van der Waals surface area contributed by atoms with Crippen molar-refractivity contribution in [3.05, 3.63) is 22.7 Å². The first-order valence-electron chi connectivity index (χ1n) is 8.31. The molecular formula is C12H18FN4O13P3. The van der Waals surface area contributed by atoms with E-state index in [1.807, 2.05) is 5.92 Å². The van der Waals surface area contributed by atoms with Gasteiger partial charge in [-0.1, -0.05) is 11.8 Å². The molecule has 6 atom stereocenters. The van der Waals surface area contributed by atoms with Crippen LogP contribution in [-0.2, 0) is 31.6 Å². The molecule has 0 aliphatic carbocycles. The SMILES string of the molecule is Nc1ccn([C@@H]2O[C@H](COP(=O)(O)OP(=O)(O)OP(=O)(O)O)[C@H](O)C2(N)C#CCF)c(=O)n1. The molecule has 3 unspecified atom stereocenters. The number of phosphoric ester groups is 1. The highest BCUT2D eigenvalue weighted by atomic mass is 31.3. The fraction of sp³-hybridized carbons (Fsp3) is 0.500. The third-order valence-electron chi connectivity index (χ3n) is 3.85. The Morgan fingerprint density at radius 3 is 2.42 bits per heavy atom. The van der Waals surface area contributed by atoms with E-state index in [4.69, 9.17) is 30.9 Å². The van der Waals surface area contributed by atoms with Gasteiger partial charge in [-0.15, -0.1) is 0 Å². The molecule has 33 heavy (non-hydrogen) atoms. The summed E-state index contributed by atoms with van der Waals surface area (Å²) in [6.07, 6.45) is -4.13. The summed E-state index contributed by atoms with van der Waals surface area (Å²) in [6, 6.07) is 1.17. The minimum absolute atomic E-state index is 0.170. The molecule has 9 N–H and O–H groups in total. The first kappa shape index (κ1) is 27.7. The molecule has 0 amide bonds. The van der Waals surface area contributed by atoms with Gasteiger partial charge in [-0.3, -0.25) is 9.09 Å². The number of rotatable bonds is 8. The number of phosphoric acid groups is 3. The van der Waals surface area contributed by atoms with Crippen LogP contribution in [0.5, 0.6) is 0 Å². The summed E-state index contributed by atoms with van der Waals surface area (Å²) in [5.41, 5.74) is 8.24. The van der Waals surface area contributed by atoms with Gasteiger partial charge < -0.3 is 40.9 Å². The number of nitrogen functional groups attached to an aromatic ring is 1.